The summed E-state index contributed by atoms with van der Waals surface area (Å²) in [4.78, 5) is 11.5. The fourth-order valence-electron chi connectivity index (χ4n) is 1.85. The lowest BCUT2D eigenvalue weighted by Crippen LogP contribution is -2.21. The lowest BCUT2D eigenvalue weighted by Gasteiger charge is -1.98. The van der Waals surface area contributed by atoms with Gasteiger partial charge in [-0.3, -0.25) is 4.79 Å². The topological polar surface area (TPSA) is 42.2 Å². The SMILES string of the molecule is CCCCNC(=O)/C=C/c1cc2ccc(C)cc2o1. The molecule has 1 N–H and O–H groups in total. The van der Waals surface area contributed by atoms with E-state index in [-0.39, 0.29) is 5.91 Å². The van der Waals surface area contributed by atoms with E-state index in [1.54, 1.807) is 6.08 Å². The molecule has 1 aromatic heterocycles. The fourth-order valence-corrected chi connectivity index (χ4v) is 1.85. The van der Waals surface area contributed by atoms with Gasteiger partial charge in [0.25, 0.3) is 0 Å². The summed E-state index contributed by atoms with van der Waals surface area (Å²) in [6, 6.07) is 7.99. The highest BCUT2D eigenvalue weighted by atomic mass is 16.3. The molecular formula is C16H19NO2. The Kier molecular flexibility index (Phi) is 4.39. The minimum absolute atomic E-state index is 0.0786. The Balaban J connectivity index is 2.02. The summed E-state index contributed by atoms with van der Waals surface area (Å²) in [5.74, 6) is 0.622. The summed E-state index contributed by atoms with van der Waals surface area (Å²) < 4.78 is 5.66. The number of fused-ring (bicyclic) bond motifs is 1. The van der Waals surface area contributed by atoms with Gasteiger partial charge in [0, 0.05) is 18.0 Å². The molecule has 0 aliphatic heterocycles. The number of rotatable bonds is 5. The molecule has 1 heterocycles. The first-order valence-corrected chi connectivity index (χ1v) is 6.65. The van der Waals surface area contributed by atoms with E-state index in [0.717, 1.165) is 35.9 Å². The molecule has 3 heteroatoms. The number of furan rings is 1. The van der Waals surface area contributed by atoms with Crippen LogP contribution in [0.2, 0.25) is 0 Å². The molecular weight excluding hydrogens is 238 g/mol. The Morgan fingerprint density at radius 3 is 3.00 bits per heavy atom. The first-order chi connectivity index (χ1) is 9.19. The van der Waals surface area contributed by atoms with E-state index in [1.165, 1.54) is 6.08 Å². The molecule has 0 aliphatic rings. The van der Waals surface area contributed by atoms with Crippen molar-refractivity contribution in [2.45, 2.75) is 26.7 Å². The van der Waals surface area contributed by atoms with Gasteiger partial charge in [-0.2, -0.15) is 0 Å². The zero-order valence-electron chi connectivity index (χ0n) is 11.4. The molecule has 0 saturated carbocycles. The Hall–Kier alpha value is -2.03. The van der Waals surface area contributed by atoms with Crippen LogP contribution in [-0.2, 0) is 4.79 Å². The average Bonchev–Trinajstić information content (AvgIpc) is 2.78. The van der Waals surface area contributed by atoms with Crippen LogP contribution >= 0.6 is 0 Å². The van der Waals surface area contributed by atoms with Crippen molar-refractivity contribution in [3.05, 3.63) is 41.7 Å². The third kappa shape index (κ3) is 3.71. The van der Waals surface area contributed by atoms with Gasteiger partial charge in [0.2, 0.25) is 5.91 Å². The van der Waals surface area contributed by atoms with E-state index in [2.05, 4.69) is 12.2 Å². The Labute approximate surface area is 113 Å². The van der Waals surface area contributed by atoms with Crippen LogP contribution in [-0.4, -0.2) is 12.5 Å². The number of nitrogens with one attached hydrogen (secondary N) is 1. The number of amides is 1. The second-order valence-electron chi connectivity index (χ2n) is 4.67. The van der Waals surface area contributed by atoms with Crippen molar-refractivity contribution in [2.75, 3.05) is 6.54 Å². The van der Waals surface area contributed by atoms with Crippen molar-refractivity contribution in [2.24, 2.45) is 0 Å². The first-order valence-electron chi connectivity index (χ1n) is 6.65. The normalized spacial score (nSPS) is 11.3. The molecule has 0 fully saturated rings. The summed E-state index contributed by atoms with van der Waals surface area (Å²) >= 11 is 0. The second-order valence-corrected chi connectivity index (χ2v) is 4.67. The van der Waals surface area contributed by atoms with Crippen LogP contribution in [0.15, 0.2) is 34.8 Å². The first kappa shape index (κ1) is 13.4. The van der Waals surface area contributed by atoms with Gasteiger partial charge in [0.15, 0.2) is 0 Å². The van der Waals surface area contributed by atoms with Gasteiger partial charge in [-0.25, -0.2) is 0 Å². The summed E-state index contributed by atoms with van der Waals surface area (Å²) in [5, 5.41) is 3.88. The van der Waals surface area contributed by atoms with Crippen LogP contribution in [0.3, 0.4) is 0 Å². The van der Waals surface area contributed by atoms with Crippen LogP contribution in [0, 0.1) is 6.92 Å². The van der Waals surface area contributed by atoms with Crippen molar-refractivity contribution >= 4 is 23.0 Å². The van der Waals surface area contributed by atoms with Gasteiger partial charge in [-0.15, -0.1) is 0 Å². The quantitative estimate of drug-likeness (QED) is 0.656. The molecule has 0 spiro atoms. The van der Waals surface area contributed by atoms with E-state index in [0.29, 0.717) is 5.76 Å². The van der Waals surface area contributed by atoms with Crippen molar-refractivity contribution in [1.82, 2.24) is 5.32 Å². The van der Waals surface area contributed by atoms with Crippen molar-refractivity contribution in [1.29, 1.82) is 0 Å². The molecule has 100 valence electrons. The minimum Gasteiger partial charge on any atom is -0.457 e. The number of hydrogen-bond donors (Lipinski definition) is 1. The average molecular weight is 257 g/mol. The van der Waals surface area contributed by atoms with Crippen LogP contribution in [0.4, 0.5) is 0 Å². The zero-order chi connectivity index (χ0) is 13.7. The van der Waals surface area contributed by atoms with Crippen LogP contribution in [0.25, 0.3) is 17.0 Å². The number of hydrogen-bond acceptors (Lipinski definition) is 2. The maximum Gasteiger partial charge on any atom is 0.244 e. The molecule has 0 aliphatic carbocycles. The molecule has 2 aromatic rings. The lowest BCUT2D eigenvalue weighted by molar-refractivity contribution is -0.116. The molecule has 19 heavy (non-hydrogen) atoms. The number of carbonyl (C=O) groups excluding carboxylic acids is 1. The number of carbonyl (C=O) groups is 1. The third-order valence-electron chi connectivity index (χ3n) is 2.92. The fraction of sp³-hybridized carbons (Fsp3) is 0.312. The van der Waals surface area contributed by atoms with Gasteiger partial charge < -0.3 is 9.73 Å². The number of aryl methyl sites for hydroxylation is 1. The Morgan fingerprint density at radius 1 is 1.37 bits per heavy atom. The molecule has 0 radical (unpaired) electrons. The highest BCUT2D eigenvalue weighted by molar-refractivity contribution is 5.92. The van der Waals surface area contributed by atoms with E-state index < -0.39 is 0 Å². The van der Waals surface area contributed by atoms with E-state index in [1.807, 2.05) is 31.2 Å². The molecule has 3 nitrogen and oxygen atoms in total. The second kappa shape index (κ2) is 6.23. The molecule has 0 bridgehead atoms. The van der Waals surface area contributed by atoms with Gasteiger partial charge >= 0.3 is 0 Å². The standard InChI is InChI=1S/C16H19NO2/c1-3-4-9-17-16(18)8-7-14-11-13-6-5-12(2)10-15(13)19-14/h5-8,10-11H,3-4,9H2,1-2H3,(H,17,18)/b8-7+. The maximum atomic E-state index is 11.5. The van der Waals surface area contributed by atoms with Crippen LogP contribution < -0.4 is 5.32 Å². The van der Waals surface area contributed by atoms with Crippen molar-refractivity contribution < 1.29 is 9.21 Å². The monoisotopic (exact) mass is 257 g/mol. The molecule has 1 amide bonds. The summed E-state index contributed by atoms with van der Waals surface area (Å²) in [7, 11) is 0. The highest BCUT2D eigenvalue weighted by Gasteiger charge is 2.01. The van der Waals surface area contributed by atoms with Crippen LogP contribution in [0.5, 0.6) is 0 Å². The highest BCUT2D eigenvalue weighted by Crippen LogP contribution is 2.21. The smallest absolute Gasteiger partial charge is 0.244 e. The molecule has 0 atom stereocenters. The predicted octanol–water partition coefficient (Wildman–Crippen LogP) is 3.67. The van der Waals surface area contributed by atoms with Gasteiger partial charge in [-0.05, 0) is 37.1 Å². The predicted molar refractivity (Wildman–Crippen MR) is 77.9 cm³/mol. The van der Waals surface area contributed by atoms with Crippen molar-refractivity contribution in [3.8, 4) is 0 Å². The van der Waals surface area contributed by atoms with E-state index in [4.69, 9.17) is 4.42 Å². The summed E-state index contributed by atoms with van der Waals surface area (Å²) in [6.45, 7) is 4.84. The van der Waals surface area contributed by atoms with Crippen LogP contribution in [0.1, 0.15) is 31.1 Å². The molecule has 0 unspecified atom stereocenters. The number of unbranched alkanes of at least 4 members (excludes halogenated alkanes) is 1. The Bertz CT molecular complexity index is 596. The number of benzene rings is 1. The molecule has 0 saturated heterocycles. The molecule has 2 rings (SSSR count). The van der Waals surface area contributed by atoms with E-state index >= 15 is 0 Å². The van der Waals surface area contributed by atoms with E-state index in [9.17, 15) is 4.79 Å². The summed E-state index contributed by atoms with van der Waals surface area (Å²) in [6.07, 6.45) is 5.30. The summed E-state index contributed by atoms with van der Waals surface area (Å²) in [5.41, 5.74) is 2.01. The third-order valence-corrected chi connectivity index (χ3v) is 2.92. The van der Waals surface area contributed by atoms with Gasteiger partial charge in [0.05, 0.1) is 0 Å². The molecule has 1 aromatic carbocycles. The largest absolute Gasteiger partial charge is 0.457 e. The lowest BCUT2D eigenvalue weighted by atomic mass is 10.2. The van der Waals surface area contributed by atoms with Crippen molar-refractivity contribution in [3.63, 3.8) is 0 Å². The zero-order valence-corrected chi connectivity index (χ0v) is 11.4. The Morgan fingerprint density at radius 2 is 2.21 bits per heavy atom. The maximum absolute atomic E-state index is 11.5. The van der Waals surface area contributed by atoms with Gasteiger partial charge in [0.1, 0.15) is 11.3 Å². The minimum atomic E-state index is -0.0786. The van der Waals surface area contributed by atoms with Gasteiger partial charge in [-0.1, -0.05) is 25.5 Å².